The summed E-state index contributed by atoms with van der Waals surface area (Å²) in [5.41, 5.74) is 1.18. The topological polar surface area (TPSA) is 138 Å². The SMILES string of the molecule is CCOC(=O)CN1CCN(C(=O)NC2(c3ccccc3)CCN(CC[C@H](CN(C)C(=O)c3cc(-n4nnnc4C(F)(F)F)ccc3OC)c3ccc(F)cc3)CC2)CC1. The number of urea groups is 1. The lowest BCUT2D eigenvalue weighted by Gasteiger charge is -2.44. The molecule has 0 radical (unpaired) electrons. The third kappa shape index (κ3) is 10.5. The molecule has 1 N–H and O–H groups in total. The van der Waals surface area contributed by atoms with E-state index >= 15 is 0 Å². The maximum absolute atomic E-state index is 14.1. The summed E-state index contributed by atoms with van der Waals surface area (Å²) < 4.78 is 65.9. The van der Waals surface area contributed by atoms with Crippen molar-refractivity contribution in [2.75, 3.05) is 79.7 Å². The zero-order chi connectivity index (χ0) is 42.2. The lowest BCUT2D eigenvalue weighted by molar-refractivity contribution is -0.146. The van der Waals surface area contributed by atoms with Crippen LogP contribution in [0.5, 0.6) is 5.75 Å². The number of carbonyl (C=O) groups is 3. The highest BCUT2D eigenvalue weighted by molar-refractivity contribution is 5.97. The van der Waals surface area contributed by atoms with Gasteiger partial charge in [0.2, 0.25) is 0 Å². The van der Waals surface area contributed by atoms with Gasteiger partial charge in [-0.15, -0.1) is 5.10 Å². The predicted octanol–water partition coefficient (Wildman–Crippen LogP) is 4.96. The number of piperazine rings is 1. The molecule has 2 aliphatic rings. The van der Waals surface area contributed by atoms with E-state index in [1.54, 1.807) is 31.0 Å². The van der Waals surface area contributed by atoms with Crippen molar-refractivity contribution < 1.29 is 41.4 Å². The number of hydrogen-bond acceptors (Lipinski definition) is 10. The maximum Gasteiger partial charge on any atom is 0.453 e. The second-order valence-corrected chi connectivity index (χ2v) is 14.8. The van der Waals surface area contributed by atoms with Gasteiger partial charge in [-0.1, -0.05) is 42.5 Å². The summed E-state index contributed by atoms with van der Waals surface area (Å²) in [4.78, 5) is 47.3. The van der Waals surface area contributed by atoms with E-state index in [2.05, 4.69) is 25.7 Å². The van der Waals surface area contributed by atoms with Crippen molar-refractivity contribution in [3.05, 3.63) is 101 Å². The van der Waals surface area contributed by atoms with Gasteiger partial charge in [0.15, 0.2) is 0 Å². The van der Waals surface area contributed by atoms with Crippen LogP contribution in [-0.4, -0.2) is 137 Å². The van der Waals surface area contributed by atoms with Crippen LogP contribution < -0.4 is 10.1 Å². The van der Waals surface area contributed by atoms with Crippen molar-refractivity contribution in [3.63, 3.8) is 0 Å². The molecule has 3 amide bonds. The van der Waals surface area contributed by atoms with E-state index in [9.17, 15) is 31.9 Å². The van der Waals surface area contributed by atoms with Crippen LogP contribution in [0.3, 0.4) is 0 Å². The van der Waals surface area contributed by atoms with E-state index in [0.717, 1.165) is 11.1 Å². The number of tetrazole rings is 1. The van der Waals surface area contributed by atoms with Crippen LogP contribution in [0.25, 0.3) is 5.69 Å². The van der Waals surface area contributed by atoms with E-state index in [-0.39, 0.29) is 48.0 Å². The van der Waals surface area contributed by atoms with E-state index < -0.39 is 29.3 Å². The van der Waals surface area contributed by atoms with Crippen LogP contribution in [0.2, 0.25) is 0 Å². The second-order valence-electron chi connectivity index (χ2n) is 14.8. The van der Waals surface area contributed by atoms with Gasteiger partial charge in [0.1, 0.15) is 11.6 Å². The molecule has 0 bridgehead atoms. The highest BCUT2D eigenvalue weighted by atomic mass is 19.4. The number of likely N-dealkylation sites (N-methyl/N-ethyl adjacent to an activating group) is 1. The molecular formula is C41H49F4N9O5. The fraction of sp³-hybridized carbons (Fsp3) is 0.463. The number of methoxy groups -OCH3 is 1. The Morgan fingerprint density at radius 2 is 1.63 bits per heavy atom. The summed E-state index contributed by atoms with van der Waals surface area (Å²) in [6.45, 7) is 6.61. The molecule has 18 heteroatoms. The predicted molar refractivity (Wildman–Crippen MR) is 208 cm³/mol. The molecule has 0 unspecified atom stereocenters. The Hall–Kier alpha value is -5.62. The van der Waals surface area contributed by atoms with Crippen LogP contribution in [-0.2, 0) is 21.2 Å². The number of esters is 1. The Morgan fingerprint density at radius 3 is 2.27 bits per heavy atom. The molecule has 4 aromatic rings. The van der Waals surface area contributed by atoms with Crippen LogP contribution in [0, 0.1) is 5.82 Å². The minimum absolute atomic E-state index is 0.0165. The zero-order valence-corrected chi connectivity index (χ0v) is 33.3. The van der Waals surface area contributed by atoms with Gasteiger partial charge in [-0.2, -0.15) is 17.9 Å². The van der Waals surface area contributed by atoms with Gasteiger partial charge in [0.05, 0.1) is 37.1 Å². The van der Waals surface area contributed by atoms with Gasteiger partial charge in [0.25, 0.3) is 11.7 Å². The van der Waals surface area contributed by atoms with E-state index in [1.165, 1.54) is 42.3 Å². The highest BCUT2D eigenvalue weighted by Crippen LogP contribution is 2.35. The summed E-state index contributed by atoms with van der Waals surface area (Å²) in [5.74, 6) is -2.59. The molecule has 14 nitrogen and oxygen atoms in total. The minimum atomic E-state index is -4.83. The Balaban J connectivity index is 1.12. The first kappa shape index (κ1) is 43.0. The first-order valence-corrected chi connectivity index (χ1v) is 19.6. The molecule has 2 fully saturated rings. The Kier molecular flexibility index (Phi) is 13.8. The minimum Gasteiger partial charge on any atom is -0.496 e. The van der Waals surface area contributed by atoms with Crippen LogP contribution in [0.15, 0.2) is 72.8 Å². The molecule has 59 heavy (non-hydrogen) atoms. The number of carbonyl (C=O) groups excluding carboxylic acids is 3. The average Bonchev–Trinajstić information content (AvgIpc) is 3.75. The first-order chi connectivity index (χ1) is 28.3. The molecule has 2 saturated heterocycles. The number of likely N-dealkylation sites (tertiary alicyclic amines) is 1. The van der Waals surface area contributed by atoms with Gasteiger partial charge < -0.3 is 29.5 Å². The van der Waals surface area contributed by atoms with Crippen molar-refractivity contribution >= 4 is 17.9 Å². The van der Waals surface area contributed by atoms with Crippen molar-refractivity contribution in [2.24, 2.45) is 0 Å². The Morgan fingerprint density at radius 1 is 0.932 bits per heavy atom. The molecule has 2 aliphatic heterocycles. The summed E-state index contributed by atoms with van der Waals surface area (Å²) in [6, 6.07) is 19.9. The normalized spacial score (nSPS) is 16.6. The molecule has 1 aromatic heterocycles. The quantitative estimate of drug-likeness (QED) is 0.137. The zero-order valence-electron chi connectivity index (χ0n) is 33.3. The van der Waals surface area contributed by atoms with Gasteiger partial charge >= 0.3 is 18.2 Å². The number of halogens is 4. The molecule has 3 heterocycles. The number of rotatable bonds is 14. The molecule has 3 aromatic carbocycles. The fourth-order valence-corrected chi connectivity index (χ4v) is 7.77. The Bertz CT molecular complexity index is 2030. The molecule has 316 valence electrons. The number of nitrogens with one attached hydrogen (secondary N) is 1. The van der Waals surface area contributed by atoms with Crippen molar-refractivity contribution in [2.45, 2.75) is 43.8 Å². The number of piperidine rings is 1. The van der Waals surface area contributed by atoms with Crippen molar-refractivity contribution in [1.29, 1.82) is 0 Å². The molecule has 6 rings (SSSR count). The molecule has 0 spiro atoms. The number of benzene rings is 3. The third-order valence-electron chi connectivity index (χ3n) is 11.1. The van der Waals surface area contributed by atoms with Gasteiger partial charge in [-0.25, -0.2) is 9.18 Å². The smallest absolute Gasteiger partial charge is 0.453 e. The summed E-state index contributed by atoms with van der Waals surface area (Å²) in [7, 11) is 2.96. The Labute approximate surface area is 340 Å². The van der Waals surface area contributed by atoms with Gasteiger partial charge in [-0.05, 0) is 84.6 Å². The van der Waals surface area contributed by atoms with E-state index in [4.69, 9.17) is 9.47 Å². The number of hydrogen-bond donors (Lipinski definition) is 1. The van der Waals surface area contributed by atoms with Crippen molar-refractivity contribution in [1.82, 2.24) is 45.1 Å². The van der Waals surface area contributed by atoms with Crippen molar-refractivity contribution in [3.8, 4) is 11.4 Å². The van der Waals surface area contributed by atoms with E-state index in [1.807, 2.05) is 35.2 Å². The average molecular weight is 824 g/mol. The first-order valence-electron chi connectivity index (χ1n) is 19.6. The van der Waals surface area contributed by atoms with Crippen LogP contribution >= 0.6 is 0 Å². The highest BCUT2D eigenvalue weighted by Gasteiger charge is 2.40. The lowest BCUT2D eigenvalue weighted by Crippen LogP contribution is -2.59. The van der Waals surface area contributed by atoms with Gasteiger partial charge in [0, 0.05) is 58.8 Å². The molecule has 0 aliphatic carbocycles. The fourth-order valence-electron chi connectivity index (χ4n) is 7.77. The standard InChI is InChI=1S/C41H49F4N9O5/c1-4-59-36(55)28-52-22-24-53(25-23-52)39(57)46-40(31-8-6-5-7-9-31)17-20-51(21-18-40)19-16-30(29-10-12-32(42)13-11-29)27-50(2)37(56)34-26-33(14-15-35(34)58-3)54-38(41(43,44)45)47-48-49-54/h5-15,26,30H,4,16-25,27-28H2,1-3H3,(H,46,57)/t30-/m1/s1. The molecule has 1 atom stereocenters. The summed E-state index contributed by atoms with van der Waals surface area (Å²) >= 11 is 0. The number of nitrogens with zero attached hydrogens (tertiary/aromatic N) is 8. The number of ether oxygens (including phenoxy) is 2. The number of alkyl halides is 3. The second kappa shape index (κ2) is 19.0. The lowest BCUT2D eigenvalue weighted by atomic mass is 9.80. The van der Waals surface area contributed by atoms with Crippen LogP contribution in [0.1, 0.15) is 59.4 Å². The number of aromatic nitrogens is 4. The largest absolute Gasteiger partial charge is 0.496 e. The molecule has 0 saturated carbocycles. The monoisotopic (exact) mass is 823 g/mol. The molecular weight excluding hydrogens is 775 g/mol. The number of amides is 3. The summed E-state index contributed by atoms with van der Waals surface area (Å²) in [6.07, 6.45) is -2.93. The summed E-state index contributed by atoms with van der Waals surface area (Å²) in [5, 5.41) is 13.2. The third-order valence-corrected chi connectivity index (χ3v) is 11.1. The van der Waals surface area contributed by atoms with Crippen LogP contribution in [0.4, 0.5) is 22.4 Å². The van der Waals surface area contributed by atoms with E-state index in [0.29, 0.717) is 76.4 Å². The maximum atomic E-state index is 14.1. The van der Waals surface area contributed by atoms with Gasteiger partial charge in [-0.3, -0.25) is 14.5 Å².